The fraction of sp³-hybridized carbons (Fsp3) is 0.400. The molecule has 1 saturated carbocycles. The SMILES string of the molecule is COc1cc(-n2ncc3c(-c4cccc(N(C(=O)OC(C)(C)C)c5nc(C(F)F)nc6cc(CN(C(=O)OC(C)(C)C)C7CCC(CC(=O)O)CC7)cnc56)c4C)cccc32)cc(OC)c1C=O. The number of aromatic nitrogens is 5. The van der Waals surface area contributed by atoms with Crippen molar-refractivity contribution >= 4 is 57.9 Å². The Labute approximate surface area is 392 Å². The lowest BCUT2D eigenvalue weighted by molar-refractivity contribution is -0.138. The van der Waals surface area contributed by atoms with E-state index in [-0.39, 0.29) is 53.0 Å². The summed E-state index contributed by atoms with van der Waals surface area (Å²) in [5, 5.41) is 14.8. The van der Waals surface area contributed by atoms with Gasteiger partial charge in [0.05, 0.1) is 54.9 Å². The maximum atomic E-state index is 14.9. The molecule has 1 N–H and O–H groups in total. The van der Waals surface area contributed by atoms with Crippen molar-refractivity contribution in [3.63, 3.8) is 0 Å². The molecule has 18 heteroatoms. The third-order valence-electron chi connectivity index (χ3n) is 11.6. The molecule has 0 aliphatic heterocycles. The number of aliphatic carboxylic acids is 1. The molecule has 16 nitrogen and oxygen atoms in total. The maximum Gasteiger partial charge on any atom is 0.420 e. The number of hydrogen-bond acceptors (Lipinski definition) is 12. The predicted molar refractivity (Wildman–Crippen MR) is 250 cm³/mol. The van der Waals surface area contributed by atoms with Gasteiger partial charge in [-0.15, -0.1) is 0 Å². The number of carbonyl (C=O) groups excluding carboxylic acids is 3. The van der Waals surface area contributed by atoms with E-state index in [9.17, 15) is 33.1 Å². The minimum atomic E-state index is -3.15. The Morgan fingerprint density at radius 3 is 2.10 bits per heavy atom. The van der Waals surface area contributed by atoms with E-state index in [1.165, 1.54) is 20.4 Å². The Morgan fingerprint density at radius 1 is 0.868 bits per heavy atom. The lowest BCUT2D eigenvalue weighted by Gasteiger charge is -2.37. The largest absolute Gasteiger partial charge is 0.496 e. The Bertz CT molecular complexity index is 2860. The summed E-state index contributed by atoms with van der Waals surface area (Å²) in [7, 11) is 2.91. The van der Waals surface area contributed by atoms with E-state index in [2.05, 4.69) is 9.97 Å². The number of ether oxygens (including phenoxy) is 4. The molecule has 3 aromatic heterocycles. The van der Waals surface area contributed by atoms with Gasteiger partial charge in [0.1, 0.15) is 28.2 Å². The minimum absolute atomic E-state index is 0.00825. The number of aldehydes is 1. The molecule has 3 aromatic carbocycles. The van der Waals surface area contributed by atoms with Gasteiger partial charge in [0, 0.05) is 36.2 Å². The second kappa shape index (κ2) is 19.5. The van der Waals surface area contributed by atoms with Crippen LogP contribution in [0.3, 0.4) is 0 Å². The van der Waals surface area contributed by atoms with Gasteiger partial charge in [-0.3, -0.25) is 14.6 Å². The summed E-state index contributed by atoms with van der Waals surface area (Å²) in [6, 6.07) is 15.5. The van der Waals surface area contributed by atoms with Crippen LogP contribution in [0.1, 0.15) is 107 Å². The van der Waals surface area contributed by atoms with Gasteiger partial charge in [0.15, 0.2) is 17.9 Å². The lowest BCUT2D eigenvalue weighted by Crippen LogP contribution is -2.44. The molecule has 1 aliphatic carbocycles. The number of alkyl halides is 2. The summed E-state index contributed by atoms with van der Waals surface area (Å²) < 4.78 is 54.2. The third-order valence-corrected chi connectivity index (χ3v) is 11.6. The molecular weight excluding hydrogens is 881 g/mol. The highest BCUT2D eigenvalue weighted by atomic mass is 19.3. The number of carbonyl (C=O) groups is 4. The summed E-state index contributed by atoms with van der Waals surface area (Å²) in [6.45, 7) is 12.1. The van der Waals surface area contributed by atoms with Gasteiger partial charge in [-0.2, -0.15) is 5.10 Å². The molecule has 2 amide bonds. The van der Waals surface area contributed by atoms with Gasteiger partial charge < -0.3 is 29.0 Å². The summed E-state index contributed by atoms with van der Waals surface area (Å²) in [5.41, 5.74) is 2.35. The van der Waals surface area contributed by atoms with Crippen LogP contribution < -0.4 is 14.4 Å². The fourth-order valence-corrected chi connectivity index (χ4v) is 8.59. The van der Waals surface area contributed by atoms with E-state index in [1.807, 2.05) is 24.3 Å². The summed E-state index contributed by atoms with van der Waals surface area (Å²) >= 11 is 0. The standard InChI is InChI=1S/C50H55F2N7O9/c1-28-33(34-13-11-15-39-35(34)25-54-59(39)32-22-40(65-8)36(27-60)41(23-32)66-9)12-10-14-38(28)58(48(64)68-50(5,6)7)46-43-37(55-45(56-46)44(51)52)20-30(24-53-43)26-57(47(63)67-49(2,3)4)31-18-16-29(17-19-31)21-42(61)62/h10-15,20,22-25,27,29,31,44H,16-19,21,26H2,1-9H3,(H,61,62). The van der Waals surface area contributed by atoms with Crippen molar-refractivity contribution in [2.75, 3.05) is 19.1 Å². The van der Waals surface area contributed by atoms with Crippen LogP contribution in [0, 0.1) is 12.8 Å². The number of pyridine rings is 1. The summed E-state index contributed by atoms with van der Waals surface area (Å²) in [5.74, 6) is -1.40. The Morgan fingerprint density at radius 2 is 1.50 bits per heavy atom. The van der Waals surface area contributed by atoms with Crippen LogP contribution in [0.15, 0.2) is 67.0 Å². The second-order valence-corrected chi connectivity index (χ2v) is 18.7. The first-order valence-corrected chi connectivity index (χ1v) is 22.2. The number of carboxylic acids is 1. The van der Waals surface area contributed by atoms with Gasteiger partial charge in [-0.05, 0) is 121 Å². The van der Waals surface area contributed by atoms with E-state index >= 15 is 0 Å². The van der Waals surface area contributed by atoms with Crippen LogP contribution in [0.4, 0.5) is 29.9 Å². The van der Waals surface area contributed by atoms with E-state index in [1.54, 1.807) is 94.6 Å². The average Bonchev–Trinajstić information content (AvgIpc) is 3.72. The normalized spacial score (nSPS) is 15.3. The lowest BCUT2D eigenvalue weighted by atomic mass is 9.83. The van der Waals surface area contributed by atoms with Crippen LogP contribution in [0.25, 0.3) is 38.8 Å². The first-order chi connectivity index (χ1) is 32.2. The second-order valence-electron chi connectivity index (χ2n) is 18.7. The van der Waals surface area contributed by atoms with Crippen molar-refractivity contribution in [3.8, 4) is 28.3 Å². The molecule has 0 atom stereocenters. The van der Waals surface area contributed by atoms with Crippen molar-refractivity contribution in [2.24, 2.45) is 5.92 Å². The molecule has 68 heavy (non-hydrogen) atoms. The molecule has 0 radical (unpaired) electrons. The molecule has 358 valence electrons. The molecule has 6 aromatic rings. The van der Waals surface area contributed by atoms with Gasteiger partial charge in [0.25, 0.3) is 6.43 Å². The number of amides is 2. The third kappa shape index (κ3) is 10.5. The monoisotopic (exact) mass is 935 g/mol. The number of anilines is 2. The molecule has 1 aliphatic rings. The van der Waals surface area contributed by atoms with Gasteiger partial charge in [-0.1, -0.05) is 24.3 Å². The Kier molecular flexibility index (Phi) is 14.0. The zero-order chi connectivity index (χ0) is 49.2. The van der Waals surface area contributed by atoms with Crippen molar-refractivity contribution in [1.29, 1.82) is 0 Å². The van der Waals surface area contributed by atoms with Crippen molar-refractivity contribution in [3.05, 3.63) is 89.5 Å². The van der Waals surface area contributed by atoms with Crippen LogP contribution in [0.5, 0.6) is 11.5 Å². The Balaban J connectivity index is 1.33. The van der Waals surface area contributed by atoms with Gasteiger partial charge in [0.2, 0.25) is 0 Å². The minimum Gasteiger partial charge on any atom is -0.496 e. The number of fused-ring (bicyclic) bond motifs is 2. The zero-order valence-corrected chi connectivity index (χ0v) is 39.5. The number of halogens is 2. The molecule has 0 spiro atoms. The molecule has 0 bridgehead atoms. The van der Waals surface area contributed by atoms with Gasteiger partial charge in [-0.25, -0.2) is 37.9 Å². The van der Waals surface area contributed by atoms with E-state index < -0.39 is 41.6 Å². The van der Waals surface area contributed by atoms with Crippen molar-refractivity contribution in [2.45, 2.75) is 111 Å². The topological polar surface area (TPSA) is 188 Å². The highest BCUT2D eigenvalue weighted by molar-refractivity contribution is 6.05. The van der Waals surface area contributed by atoms with Crippen LogP contribution >= 0.6 is 0 Å². The zero-order valence-electron chi connectivity index (χ0n) is 39.5. The highest BCUT2D eigenvalue weighted by Gasteiger charge is 2.35. The maximum absolute atomic E-state index is 14.9. The number of nitrogens with zero attached hydrogens (tertiary/aromatic N) is 7. The first kappa shape index (κ1) is 48.7. The number of carboxylic acid groups (broad SMARTS) is 1. The van der Waals surface area contributed by atoms with Gasteiger partial charge >= 0.3 is 18.2 Å². The number of methoxy groups -OCH3 is 2. The highest BCUT2D eigenvalue weighted by Crippen LogP contribution is 2.41. The van der Waals surface area contributed by atoms with Crippen LogP contribution in [-0.4, -0.2) is 90.6 Å². The predicted octanol–water partition coefficient (Wildman–Crippen LogP) is 11.0. The van der Waals surface area contributed by atoms with Crippen LogP contribution in [-0.2, 0) is 20.8 Å². The molecule has 3 heterocycles. The molecule has 0 unspecified atom stereocenters. The van der Waals surface area contributed by atoms with Crippen LogP contribution in [0.2, 0.25) is 0 Å². The number of rotatable bonds is 13. The number of benzene rings is 3. The quantitative estimate of drug-likeness (QED) is 0.108. The van der Waals surface area contributed by atoms with E-state index in [0.29, 0.717) is 71.4 Å². The first-order valence-electron chi connectivity index (χ1n) is 22.2. The molecular formula is C50H55F2N7O9. The van der Waals surface area contributed by atoms with Crippen molar-refractivity contribution < 1.29 is 52.0 Å². The molecule has 7 rings (SSSR count). The summed E-state index contributed by atoms with van der Waals surface area (Å²) in [6.07, 6.45) is 1.51. The smallest absolute Gasteiger partial charge is 0.420 e. The summed E-state index contributed by atoms with van der Waals surface area (Å²) in [4.78, 5) is 67.5. The Hall–Kier alpha value is -7.24. The van der Waals surface area contributed by atoms with Crippen molar-refractivity contribution in [1.82, 2.24) is 29.6 Å². The number of hydrogen-bond donors (Lipinski definition) is 1. The molecule has 1 fully saturated rings. The van der Waals surface area contributed by atoms with E-state index in [4.69, 9.17) is 29.0 Å². The molecule has 0 saturated heterocycles. The fourth-order valence-electron chi connectivity index (χ4n) is 8.59. The average molecular weight is 936 g/mol. The van der Waals surface area contributed by atoms with E-state index in [0.717, 1.165) is 15.8 Å².